The van der Waals surface area contributed by atoms with Gasteiger partial charge in [-0.2, -0.15) is 0 Å². The molecule has 1 rings (SSSR count). The first-order valence-corrected chi connectivity index (χ1v) is 4.19. The van der Waals surface area contributed by atoms with Gasteiger partial charge in [0.15, 0.2) is 5.78 Å². The summed E-state index contributed by atoms with van der Waals surface area (Å²) in [6.45, 7) is 5.24. The van der Waals surface area contributed by atoms with Crippen molar-refractivity contribution in [3.63, 3.8) is 0 Å². The molecule has 2 heteroatoms. The van der Waals surface area contributed by atoms with Crippen molar-refractivity contribution in [1.82, 2.24) is 0 Å². The van der Waals surface area contributed by atoms with Gasteiger partial charge in [-0.05, 0) is 19.3 Å². The van der Waals surface area contributed by atoms with Gasteiger partial charge in [0.05, 0.1) is 6.10 Å². The first-order valence-electron chi connectivity index (χ1n) is 4.19. The Bertz CT molecular complexity index is 226. The van der Waals surface area contributed by atoms with Gasteiger partial charge in [0, 0.05) is 12.0 Å². The molecule has 0 amide bonds. The van der Waals surface area contributed by atoms with Crippen molar-refractivity contribution in [2.24, 2.45) is 5.92 Å². The molecule has 12 heavy (non-hydrogen) atoms. The van der Waals surface area contributed by atoms with Gasteiger partial charge < -0.3 is 5.11 Å². The van der Waals surface area contributed by atoms with Gasteiger partial charge in [0.25, 0.3) is 0 Å². The Morgan fingerprint density at radius 3 is 3.00 bits per heavy atom. The Morgan fingerprint density at radius 1 is 1.92 bits per heavy atom. The molecule has 0 aliphatic heterocycles. The van der Waals surface area contributed by atoms with Crippen LogP contribution in [0.2, 0.25) is 0 Å². The van der Waals surface area contributed by atoms with Crippen LogP contribution in [-0.2, 0) is 4.79 Å². The Labute approximate surface area is 72.6 Å². The lowest BCUT2D eigenvalue weighted by atomic mass is 10.1. The van der Waals surface area contributed by atoms with Crippen LogP contribution in [0.3, 0.4) is 0 Å². The second-order valence-corrected chi connectivity index (χ2v) is 3.21. The van der Waals surface area contributed by atoms with Gasteiger partial charge in [-0.25, -0.2) is 0 Å². The molecule has 0 saturated carbocycles. The van der Waals surface area contributed by atoms with Crippen molar-refractivity contribution < 1.29 is 9.90 Å². The van der Waals surface area contributed by atoms with Crippen LogP contribution in [0.25, 0.3) is 0 Å². The Balaban J connectivity index is 2.67. The Kier molecular flexibility index (Phi) is 2.82. The second kappa shape index (κ2) is 3.68. The van der Waals surface area contributed by atoms with E-state index < -0.39 is 6.10 Å². The van der Waals surface area contributed by atoms with Gasteiger partial charge in [0.2, 0.25) is 0 Å². The predicted molar refractivity (Wildman–Crippen MR) is 47.7 cm³/mol. The van der Waals surface area contributed by atoms with Crippen LogP contribution in [0, 0.1) is 5.92 Å². The van der Waals surface area contributed by atoms with E-state index in [4.69, 9.17) is 0 Å². The summed E-state index contributed by atoms with van der Waals surface area (Å²) in [6, 6.07) is 0. The number of rotatable bonds is 3. The molecular weight excluding hydrogens is 152 g/mol. The summed E-state index contributed by atoms with van der Waals surface area (Å²) in [6.07, 6.45) is 4.41. The van der Waals surface area contributed by atoms with E-state index in [-0.39, 0.29) is 11.7 Å². The van der Waals surface area contributed by atoms with E-state index in [1.807, 2.05) is 6.08 Å². The zero-order chi connectivity index (χ0) is 9.14. The summed E-state index contributed by atoms with van der Waals surface area (Å²) in [5.74, 6) is 0.344. The van der Waals surface area contributed by atoms with Crippen LogP contribution in [-0.4, -0.2) is 17.0 Å². The number of Topliss-reactive ketones (excluding diaryl/α,β-unsaturated/α-hetero) is 1. The number of hydrogen-bond acceptors (Lipinski definition) is 2. The zero-order valence-electron chi connectivity index (χ0n) is 7.29. The number of carbonyl (C=O) groups excluding carboxylic acids is 1. The van der Waals surface area contributed by atoms with Crippen LogP contribution in [0.5, 0.6) is 0 Å². The summed E-state index contributed by atoms with van der Waals surface area (Å²) in [4.78, 5) is 11.2. The number of allylic oxidation sites excluding steroid dienone is 2. The molecule has 1 aliphatic rings. The lowest BCUT2D eigenvalue weighted by Gasteiger charge is -2.00. The summed E-state index contributed by atoms with van der Waals surface area (Å²) in [7, 11) is 0. The SMILES string of the molecule is C=CCC1C=C(C(C)O)C(=O)C1. The highest BCUT2D eigenvalue weighted by molar-refractivity contribution is 5.98. The topological polar surface area (TPSA) is 37.3 Å². The van der Waals surface area contributed by atoms with Crippen molar-refractivity contribution in [3.8, 4) is 0 Å². The molecule has 0 aromatic rings. The summed E-state index contributed by atoms with van der Waals surface area (Å²) in [5.41, 5.74) is 0.571. The van der Waals surface area contributed by atoms with Gasteiger partial charge >= 0.3 is 0 Å². The standard InChI is InChI=1S/C10H14O2/c1-3-4-8-5-9(7(2)11)10(12)6-8/h3,5,7-8,11H,1,4,6H2,2H3. The molecule has 2 atom stereocenters. The van der Waals surface area contributed by atoms with Crippen molar-refractivity contribution in [2.45, 2.75) is 25.9 Å². The van der Waals surface area contributed by atoms with Gasteiger partial charge in [0.1, 0.15) is 0 Å². The number of hydrogen-bond donors (Lipinski definition) is 1. The third kappa shape index (κ3) is 1.83. The molecule has 0 bridgehead atoms. The molecule has 1 aliphatic carbocycles. The minimum absolute atomic E-state index is 0.0804. The van der Waals surface area contributed by atoms with E-state index in [1.165, 1.54) is 0 Å². The monoisotopic (exact) mass is 166 g/mol. The second-order valence-electron chi connectivity index (χ2n) is 3.21. The largest absolute Gasteiger partial charge is 0.389 e. The minimum Gasteiger partial charge on any atom is -0.389 e. The van der Waals surface area contributed by atoms with E-state index in [1.54, 1.807) is 13.0 Å². The summed E-state index contributed by atoms with van der Waals surface area (Å²) >= 11 is 0. The zero-order valence-corrected chi connectivity index (χ0v) is 7.29. The highest BCUT2D eigenvalue weighted by Gasteiger charge is 2.25. The Morgan fingerprint density at radius 2 is 2.58 bits per heavy atom. The molecular formula is C10H14O2. The van der Waals surface area contributed by atoms with Crippen LogP contribution in [0.1, 0.15) is 19.8 Å². The van der Waals surface area contributed by atoms with Gasteiger partial charge in [-0.3, -0.25) is 4.79 Å². The molecule has 2 nitrogen and oxygen atoms in total. The van der Waals surface area contributed by atoms with Crippen molar-refractivity contribution in [3.05, 3.63) is 24.3 Å². The summed E-state index contributed by atoms with van der Waals surface area (Å²) in [5, 5.41) is 9.19. The average molecular weight is 166 g/mol. The highest BCUT2D eigenvalue weighted by atomic mass is 16.3. The normalized spacial score (nSPS) is 25.3. The molecule has 0 aromatic carbocycles. The fourth-order valence-corrected chi connectivity index (χ4v) is 1.50. The lowest BCUT2D eigenvalue weighted by Crippen LogP contribution is -2.10. The van der Waals surface area contributed by atoms with Crippen LogP contribution in [0.15, 0.2) is 24.3 Å². The van der Waals surface area contributed by atoms with Gasteiger partial charge in [-0.15, -0.1) is 6.58 Å². The number of carbonyl (C=O) groups is 1. The number of ketones is 1. The highest BCUT2D eigenvalue weighted by Crippen LogP contribution is 2.25. The van der Waals surface area contributed by atoms with E-state index >= 15 is 0 Å². The van der Waals surface area contributed by atoms with E-state index in [9.17, 15) is 9.90 Å². The molecule has 66 valence electrons. The van der Waals surface area contributed by atoms with Crippen LogP contribution in [0.4, 0.5) is 0 Å². The fourth-order valence-electron chi connectivity index (χ4n) is 1.50. The quantitative estimate of drug-likeness (QED) is 0.644. The van der Waals surface area contributed by atoms with Crippen molar-refractivity contribution >= 4 is 5.78 Å². The van der Waals surface area contributed by atoms with Crippen molar-refractivity contribution in [1.29, 1.82) is 0 Å². The van der Waals surface area contributed by atoms with E-state index in [0.29, 0.717) is 12.0 Å². The lowest BCUT2D eigenvalue weighted by molar-refractivity contribution is -0.116. The third-order valence-corrected chi connectivity index (χ3v) is 2.10. The molecule has 0 fully saturated rings. The van der Waals surface area contributed by atoms with Gasteiger partial charge in [-0.1, -0.05) is 12.2 Å². The first-order chi connectivity index (χ1) is 5.65. The molecule has 0 saturated heterocycles. The summed E-state index contributed by atoms with van der Waals surface area (Å²) < 4.78 is 0. The maximum Gasteiger partial charge on any atom is 0.161 e. The van der Waals surface area contributed by atoms with Crippen LogP contribution >= 0.6 is 0 Å². The first kappa shape index (κ1) is 9.20. The maximum atomic E-state index is 11.2. The third-order valence-electron chi connectivity index (χ3n) is 2.10. The molecule has 0 radical (unpaired) electrons. The van der Waals surface area contributed by atoms with E-state index in [0.717, 1.165) is 6.42 Å². The molecule has 1 N–H and O–H groups in total. The minimum atomic E-state index is -0.618. The number of aliphatic hydroxyl groups excluding tert-OH is 1. The molecule has 2 unspecified atom stereocenters. The predicted octanol–water partition coefficient (Wildman–Crippen LogP) is 1.46. The van der Waals surface area contributed by atoms with Crippen molar-refractivity contribution in [2.75, 3.05) is 0 Å². The van der Waals surface area contributed by atoms with Crippen LogP contribution < -0.4 is 0 Å². The fraction of sp³-hybridized carbons (Fsp3) is 0.500. The molecule has 0 spiro atoms. The Hall–Kier alpha value is -0.890. The molecule has 0 aromatic heterocycles. The number of aliphatic hydroxyl groups is 1. The maximum absolute atomic E-state index is 11.2. The smallest absolute Gasteiger partial charge is 0.161 e. The average Bonchev–Trinajstić information content (AvgIpc) is 2.32. The molecule has 0 heterocycles. The van der Waals surface area contributed by atoms with E-state index in [2.05, 4.69) is 6.58 Å².